The number of methoxy groups -OCH3 is 1. The fraction of sp³-hybridized carbons (Fsp3) is 0.421. The highest BCUT2D eigenvalue weighted by molar-refractivity contribution is 5.27. The minimum Gasteiger partial charge on any atom is -0.503 e. The van der Waals surface area contributed by atoms with E-state index in [1.807, 2.05) is 28.8 Å². The summed E-state index contributed by atoms with van der Waals surface area (Å²) in [7, 11) is 1.66. The van der Waals surface area contributed by atoms with Crippen LogP contribution in [0.25, 0.3) is 0 Å². The van der Waals surface area contributed by atoms with Gasteiger partial charge in [0.1, 0.15) is 5.75 Å². The SMILES string of the molecule is COc1ccc(CCn2cc(O)c(=O)cc2CN2CCCC2)cc1. The average Bonchev–Trinajstić information content (AvgIpc) is 3.10. The molecule has 5 nitrogen and oxygen atoms in total. The molecule has 0 amide bonds. The van der Waals surface area contributed by atoms with Gasteiger partial charge in [-0.05, 0) is 50.0 Å². The van der Waals surface area contributed by atoms with Crippen LogP contribution < -0.4 is 10.2 Å². The van der Waals surface area contributed by atoms with E-state index in [0.717, 1.165) is 44.0 Å². The third-order valence-corrected chi connectivity index (χ3v) is 4.58. The van der Waals surface area contributed by atoms with Crippen molar-refractivity contribution >= 4 is 0 Å². The summed E-state index contributed by atoms with van der Waals surface area (Å²) in [6.45, 7) is 3.64. The van der Waals surface area contributed by atoms with Gasteiger partial charge in [0.15, 0.2) is 5.75 Å². The number of ether oxygens (including phenoxy) is 1. The summed E-state index contributed by atoms with van der Waals surface area (Å²) in [5.74, 6) is 0.657. The average molecular weight is 328 g/mol. The number of hydrogen-bond donors (Lipinski definition) is 1. The number of likely N-dealkylation sites (tertiary alicyclic amines) is 1. The molecule has 1 saturated heterocycles. The van der Waals surface area contributed by atoms with Gasteiger partial charge < -0.3 is 14.4 Å². The Morgan fingerprint density at radius 1 is 1.17 bits per heavy atom. The third-order valence-electron chi connectivity index (χ3n) is 4.58. The molecule has 128 valence electrons. The maximum Gasteiger partial charge on any atom is 0.223 e. The van der Waals surface area contributed by atoms with Gasteiger partial charge in [-0.1, -0.05) is 12.1 Å². The number of aromatic hydroxyl groups is 1. The maximum absolute atomic E-state index is 11.8. The fourth-order valence-electron chi connectivity index (χ4n) is 3.16. The molecule has 0 unspecified atom stereocenters. The number of aryl methyl sites for hydroxylation is 2. The van der Waals surface area contributed by atoms with Crippen LogP contribution in [0.4, 0.5) is 0 Å². The maximum atomic E-state index is 11.8. The van der Waals surface area contributed by atoms with Crippen LogP contribution in [0.2, 0.25) is 0 Å². The van der Waals surface area contributed by atoms with Crippen molar-refractivity contribution in [3.63, 3.8) is 0 Å². The Bertz CT molecular complexity index is 731. The first-order valence-electron chi connectivity index (χ1n) is 8.43. The van der Waals surface area contributed by atoms with Crippen LogP contribution in [0, 0.1) is 0 Å². The molecule has 1 aliphatic rings. The zero-order valence-electron chi connectivity index (χ0n) is 14.1. The third kappa shape index (κ3) is 3.97. The fourth-order valence-corrected chi connectivity index (χ4v) is 3.16. The predicted molar refractivity (Wildman–Crippen MR) is 93.6 cm³/mol. The van der Waals surface area contributed by atoms with Gasteiger partial charge in [-0.25, -0.2) is 0 Å². The van der Waals surface area contributed by atoms with E-state index in [1.165, 1.54) is 18.4 Å². The number of rotatable bonds is 6. The molecule has 1 fully saturated rings. The molecule has 1 aliphatic heterocycles. The van der Waals surface area contributed by atoms with Crippen molar-refractivity contribution in [2.45, 2.75) is 32.4 Å². The number of hydrogen-bond acceptors (Lipinski definition) is 4. The van der Waals surface area contributed by atoms with Crippen molar-refractivity contribution in [3.05, 3.63) is 58.0 Å². The monoisotopic (exact) mass is 328 g/mol. The Labute approximate surface area is 142 Å². The van der Waals surface area contributed by atoms with E-state index in [1.54, 1.807) is 19.4 Å². The second-order valence-electron chi connectivity index (χ2n) is 6.29. The van der Waals surface area contributed by atoms with Crippen LogP contribution in [0.3, 0.4) is 0 Å². The minimum absolute atomic E-state index is 0.185. The van der Waals surface area contributed by atoms with E-state index in [9.17, 15) is 9.90 Å². The van der Waals surface area contributed by atoms with Crippen LogP contribution in [-0.2, 0) is 19.5 Å². The van der Waals surface area contributed by atoms with Crippen molar-refractivity contribution < 1.29 is 9.84 Å². The smallest absolute Gasteiger partial charge is 0.223 e. The molecule has 2 aromatic rings. The molecule has 0 bridgehead atoms. The lowest BCUT2D eigenvalue weighted by atomic mass is 10.1. The van der Waals surface area contributed by atoms with Gasteiger partial charge >= 0.3 is 0 Å². The number of nitrogens with zero attached hydrogens (tertiary/aromatic N) is 2. The first-order chi connectivity index (χ1) is 11.7. The first-order valence-corrected chi connectivity index (χ1v) is 8.43. The second-order valence-corrected chi connectivity index (χ2v) is 6.29. The summed E-state index contributed by atoms with van der Waals surface area (Å²) in [5, 5.41) is 9.79. The van der Waals surface area contributed by atoms with Crippen molar-refractivity contribution in [1.82, 2.24) is 9.47 Å². The van der Waals surface area contributed by atoms with Gasteiger partial charge in [0.25, 0.3) is 0 Å². The molecule has 5 heteroatoms. The molecule has 3 rings (SSSR count). The summed E-state index contributed by atoms with van der Waals surface area (Å²) < 4.78 is 7.18. The van der Waals surface area contributed by atoms with Crippen LogP contribution in [0.1, 0.15) is 24.1 Å². The molecule has 0 saturated carbocycles. The Morgan fingerprint density at radius 2 is 1.88 bits per heavy atom. The Balaban J connectivity index is 1.74. The standard InChI is InChI=1S/C19H24N2O3/c1-24-17-6-4-15(5-7-17)8-11-21-14-19(23)18(22)12-16(21)13-20-9-2-3-10-20/h4-7,12,14,23H,2-3,8-11,13H2,1H3. The topological polar surface area (TPSA) is 54.7 Å². The van der Waals surface area contributed by atoms with Gasteiger partial charge in [0.05, 0.1) is 13.3 Å². The summed E-state index contributed by atoms with van der Waals surface area (Å²) in [5.41, 5.74) is 1.86. The van der Waals surface area contributed by atoms with E-state index < -0.39 is 0 Å². The van der Waals surface area contributed by atoms with Gasteiger partial charge in [-0.3, -0.25) is 9.69 Å². The van der Waals surface area contributed by atoms with E-state index in [0.29, 0.717) is 0 Å². The first kappa shape index (κ1) is 16.6. The number of pyridine rings is 1. The molecular formula is C19H24N2O3. The highest BCUT2D eigenvalue weighted by Crippen LogP contribution is 2.16. The second kappa shape index (κ2) is 7.53. The van der Waals surface area contributed by atoms with E-state index in [2.05, 4.69) is 4.90 Å². The van der Waals surface area contributed by atoms with E-state index >= 15 is 0 Å². The lowest BCUT2D eigenvalue weighted by Gasteiger charge is -2.19. The zero-order chi connectivity index (χ0) is 16.9. The van der Waals surface area contributed by atoms with E-state index in [-0.39, 0.29) is 11.2 Å². The quantitative estimate of drug-likeness (QED) is 0.885. The predicted octanol–water partition coefficient (Wildman–Crippen LogP) is 2.40. The van der Waals surface area contributed by atoms with Crippen LogP contribution >= 0.6 is 0 Å². The lowest BCUT2D eigenvalue weighted by molar-refractivity contribution is 0.318. The highest BCUT2D eigenvalue weighted by Gasteiger charge is 2.15. The largest absolute Gasteiger partial charge is 0.503 e. The molecular weight excluding hydrogens is 304 g/mol. The van der Waals surface area contributed by atoms with Crippen molar-refractivity contribution in [2.24, 2.45) is 0 Å². The summed E-state index contributed by atoms with van der Waals surface area (Å²) >= 11 is 0. The molecule has 0 radical (unpaired) electrons. The van der Waals surface area contributed by atoms with Crippen LogP contribution in [-0.4, -0.2) is 34.8 Å². The van der Waals surface area contributed by atoms with Crippen molar-refractivity contribution in [2.75, 3.05) is 20.2 Å². The molecule has 0 aliphatic carbocycles. The molecule has 2 heterocycles. The Kier molecular flexibility index (Phi) is 5.20. The normalized spacial score (nSPS) is 14.9. The van der Waals surface area contributed by atoms with Gasteiger partial charge in [0.2, 0.25) is 5.43 Å². The number of benzene rings is 1. The Morgan fingerprint density at radius 3 is 2.54 bits per heavy atom. The lowest BCUT2D eigenvalue weighted by Crippen LogP contribution is -2.23. The van der Waals surface area contributed by atoms with Gasteiger partial charge in [0, 0.05) is 24.8 Å². The van der Waals surface area contributed by atoms with Crippen molar-refractivity contribution in [1.29, 1.82) is 0 Å². The van der Waals surface area contributed by atoms with E-state index in [4.69, 9.17) is 4.74 Å². The molecule has 0 atom stereocenters. The zero-order valence-corrected chi connectivity index (χ0v) is 14.1. The molecule has 24 heavy (non-hydrogen) atoms. The van der Waals surface area contributed by atoms with Crippen LogP contribution in [0.5, 0.6) is 11.5 Å². The highest BCUT2D eigenvalue weighted by atomic mass is 16.5. The molecule has 1 aromatic carbocycles. The Hall–Kier alpha value is -2.27. The molecule has 0 spiro atoms. The van der Waals surface area contributed by atoms with Crippen molar-refractivity contribution in [3.8, 4) is 11.5 Å². The molecule has 1 N–H and O–H groups in total. The summed E-state index contributed by atoms with van der Waals surface area (Å²) in [4.78, 5) is 14.2. The van der Waals surface area contributed by atoms with Gasteiger partial charge in [-0.2, -0.15) is 0 Å². The van der Waals surface area contributed by atoms with Gasteiger partial charge in [-0.15, -0.1) is 0 Å². The minimum atomic E-state index is -0.301. The molecule has 1 aromatic heterocycles. The summed E-state index contributed by atoms with van der Waals surface area (Å²) in [6, 6.07) is 9.55. The summed E-state index contributed by atoms with van der Waals surface area (Å²) in [6.07, 6.45) is 4.83. The van der Waals surface area contributed by atoms with Crippen LogP contribution in [0.15, 0.2) is 41.3 Å². The number of aromatic nitrogens is 1.